The molecule has 0 saturated carbocycles. The first-order valence-corrected chi connectivity index (χ1v) is 8.15. The summed E-state index contributed by atoms with van der Waals surface area (Å²) in [5.41, 5.74) is 4.02. The first kappa shape index (κ1) is 16.2. The molecule has 1 N–H and O–H groups in total. The first-order chi connectivity index (χ1) is 9.85. The minimum Gasteiger partial charge on any atom is -0.353 e. The molecule has 0 spiro atoms. The molecule has 21 heavy (non-hydrogen) atoms. The zero-order valence-corrected chi connectivity index (χ0v) is 14.4. The van der Waals surface area contributed by atoms with Gasteiger partial charge in [-0.25, -0.2) is 9.97 Å². The Labute approximate surface area is 135 Å². The Balaban J connectivity index is 2.04. The second-order valence-corrected chi connectivity index (χ2v) is 7.21. The highest BCUT2D eigenvalue weighted by molar-refractivity contribution is 7.07. The van der Waals surface area contributed by atoms with E-state index in [1.165, 1.54) is 0 Å². The summed E-state index contributed by atoms with van der Waals surface area (Å²) in [6.45, 7) is 7.87. The van der Waals surface area contributed by atoms with Crippen LogP contribution < -0.4 is 10.2 Å². The van der Waals surface area contributed by atoms with Gasteiger partial charge in [0.1, 0.15) is 5.82 Å². The van der Waals surface area contributed by atoms with E-state index in [0.29, 0.717) is 11.6 Å². The molecule has 0 fully saturated rings. The molecule has 4 nitrogen and oxygen atoms in total. The third-order valence-corrected chi connectivity index (χ3v) is 3.86. The molecule has 2 aromatic heterocycles. The van der Waals surface area contributed by atoms with Crippen molar-refractivity contribution in [1.82, 2.24) is 15.3 Å². The van der Waals surface area contributed by atoms with E-state index in [4.69, 9.17) is 11.6 Å². The van der Waals surface area contributed by atoms with Gasteiger partial charge in [0.05, 0.1) is 22.8 Å². The third kappa shape index (κ3) is 4.95. The van der Waals surface area contributed by atoms with E-state index in [9.17, 15) is 0 Å². The summed E-state index contributed by atoms with van der Waals surface area (Å²) in [5.74, 6) is 0.782. The van der Waals surface area contributed by atoms with E-state index in [1.807, 2.05) is 35.1 Å². The van der Waals surface area contributed by atoms with E-state index < -0.39 is 0 Å². The van der Waals surface area contributed by atoms with Crippen molar-refractivity contribution in [3.8, 4) is 0 Å². The average molecular weight is 325 g/mol. The van der Waals surface area contributed by atoms with Crippen LogP contribution in [0.2, 0.25) is 5.02 Å². The van der Waals surface area contributed by atoms with Gasteiger partial charge in [-0.3, -0.25) is 0 Å². The Kier molecular flexibility index (Phi) is 5.19. The van der Waals surface area contributed by atoms with E-state index >= 15 is 0 Å². The lowest BCUT2D eigenvalue weighted by atomic mass is 10.1. The fourth-order valence-electron chi connectivity index (χ4n) is 1.85. The smallest absolute Gasteiger partial charge is 0.147 e. The van der Waals surface area contributed by atoms with Gasteiger partial charge in [-0.05, 0) is 32.4 Å². The maximum absolute atomic E-state index is 6.36. The number of halogens is 1. The topological polar surface area (TPSA) is 41.1 Å². The molecule has 2 heterocycles. The van der Waals surface area contributed by atoms with Gasteiger partial charge in [-0.2, -0.15) is 0 Å². The van der Waals surface area contributed by atoms with Gasteiger partial charge in [0, 0.05) is 30.7 Å². The molecule has 0 aliphatic rings. The summed E-state index contributed by atoms with van der Waals surface area (Å²) >= 11 is 7.96. The number of nitrogens with zero attached hydrogens (tertiary/aromatic N) is 3. The van der Waals surface area contributed by atoms with Crippen LogP contribution in [0.15, 0.2) is 23.2 Å². The van der Waals surface area contributed by atoms with Crippen LogP contribution in [0.1, 0.15) is 32.0 Å². The molecular weight excluding hydrogens is 304 g/mol. The molecule has 114 valence electrons. The Hall–Kier alpha value is -1.17. The molecule has 0 aliphatic heterocycles. The number of thiazole rings is 1. The van der Waals surface area contributed by atoms with Crippen LogP contribution in [0.3, 0.4) is 0 Å². The predicted molar refractivity (Wildman–Crippen MR) is 90.1 cm³/mol. The molecular formula is C15H21ClN4S. The van der Waals surface area contributed by atoms with Crippen molar-refractivity contribution in [2.24, 2.45) is 0 Å². The molecule has 0 radical (unpaired) electrons. The minimum absolute atomic E-state index is 0.0760. The van der Waals surface area contributed by atoms with Crippen molar-refractivity contribution in [3.05, 3.63) is 39.4 Å². The summed E-state index contributed by atoms with van der Waals surface area (Å²) in [6.07, 6.45) is 1.87. The van der Waals surface area contributed by atoms with Gasteiger partial charge >= 0.3 is 0 Å². The largest absolute Gasteiger partial charge is 0.353 e. The normalized spacial score (nSPS) is 11.7. The number of rotatable bonds is 5. The molecule has 0 aliphatic carbocycles. The Bertz CT molecular complexity index is 578. The maximum atomic E-state index is 6.36. The fraction of sp³-hybridized carbons (Fsp3) is 0.467. The second kappa shape index (κ2) is 6.73. The van der Waals surface area contributed by atoms with Gasteiger partial charge in [0.2, 0.25) is 0 Å². The van der Waals surface area contributed by atoms with Gasteiger partial charge in [-0.15, -0.1) is 11.3 Å². The third-order valence-electron chi connectivity index (χ3n) is 2.95. The van der Waals surface area contributed by atoms with Gasteiger partial charge in [-0.1, -0.05) is 11.6 Å². The Morgan fingerprint density at radius 1 is 1.33 bits per heavy atom. The molecule has 0 saturated heterocycles. The summed E-state index contributed by atoms with van der Waals surface area (Å²) in [5, 5.41) is 6.13. The maximum Gasteiger partial charge on any atom is 0.147 e. The molecule has 0 aromatic carbocycles. The van der Waals surface area contributed by atoms with Crippen LogP contribution in [-0.4, -0.2) is 22.6 Å². The van der Waals surface area contributed by atoms with Crippen LogP contribution in [-0.2, 0) is 13.1 Å². The zero-order chi connectivity index (χ0) is 15.5. The van der Waals surface area contributed by atoms with Crippen LogP contribution in [0, 0.1) is 0 Å². The van der Waals surface area contributed by atoms with Crippen LogP contribution in [0.25, 0.3) is 0 Å². The molecule has 0 bridgehead atoms. The Morgan fingerprint density at radius 3 is 2.67 bits per heavy atom. The van der Waals surface area contributed by atoms with Crippen molar-refractivity contribution >= 4 is 28.8 Å². The van der Waals surface area contributed by atoms with Crippen LogP contribution in [0.4, 0.5) is 5.82 Å². The number of nitrogens with one attached hydrogen (secondary N) is 1. The van der Waals surface area contributed by atoms with Crippen LogP contribution in [0.5, 0.6) is 0 Å². The number of hydrogen-bond donors (Lipinski definition) is 1. The molecule has 0 unspecified atom stereocenters. The van der Waals surface area contributed by atoms with Crippen molar-refractivity contribution in [1.29, 1.82) is 0 Å². The van der Waals surface area contributed by atoms with Gasteiger partial charge in [0.15, 0.2) is 0 Å². The quantitative estimate of drug-likeness (QED) is 0.910. The van der Waals surface area contributed by atoms with Crippen molar-refractivity contribution in [2.75, 3.05) is 11.9 Å². The monoisotopic (exact) mass is 324 g/mol. The second-order valence-electron chi connectivity index (χ2n) is 6.09. The standard InChI is InChI=1S/C15H21ClN4S/c1-15(2,3)19-7-11-5-13(16)14(17-6-11)20(4)8-12-9-21-10-18-12/h5-6,9-10,19H,7-8H2,1-4H3. The molecule has 0 atom stereocenters. The van der Waals surface area contributed by atoms with Gasteiger partial charge in [0.25, 0.3) is 0 Å². The molecule has 2 aromatic rings. The van der Waals surface area contributed by atoms with Gasteiger partial charge < -0.3 is 10.2 Å². The van der Waals surface area contributed by atoms with Crippen molar-refractivity contribution in [2.45, 2.75) is 39.4 Å². The van der Waals surface area contributed by atoms with E-state index in [2.05, 4.69) is 36.1 Å². The lowest BCUT2D eigenvalue weighted by Gasteiger charge is -2.22. The minimum atomic E-state index is 0.0760. The zero-order valence-electron chi connectivity index (χ0n) is 12.9. The predicted octanol–water partition coefficient (Wildman–Crippen LogP) is 3.72. The fourth-order valence-corrected chi connectivity index (χ4v) is 2.73. The summed E-state index contributed by atoms with van der Waals surface area (Å²) in [6, 6.07) is 1.97. The molecule has 0 amide bonds. The SMILES string of the molecule is CN(Cc1cscn1)c1ncc(CNC(C)(C)C)cc1Cl. The van der Waals surface area contributed by atoms with E-state index in [0.717, 1.165) is 23.6 Å². The number of hydrogen-bond acceptors (Lipinski definition) is 5. The summed E-state index contributed by atoms with van der Waals surface area (Å²) in [7, 11) is 1.97. The summed E-state index contributed by atoms with van der Waals surface area (Å²) < 4.78 is 0. The number of pyridine rings is 1. The molecule has 6 heteroatoms. The number of anilines is 1. The van der Waals surface area contributed by atoms with Crippen molar-refractivity contribution < 1.29 is 0 Å². The van der Waals surface area contributed by atoms with Crippen molar-refractivity contribution in [3.63, 3.8) is 0 Å². The first-order valence-electron chi connectivity index (χ1n) is 6.83. The average Bonchev–Trinajstić information content (AvgIpc) is 2.88. The molecule has 2 rings (SSSR count). The lowest BCUT2D eigenvalue weighted by Crippen LogP contribution is -2.35. The lowest BCUT2D eigenvalue weighted by molar-refractivity contribution is 0.424. The van der Waals surface area contributed by atoms with Crippen LogP contribution >= 0.6 is 22.9 Å². The van der Waals surface area contributed by atoms with E-state index in [1.54, 1.807) is 11.3 Å². The Morgan fingerprint density at radius 2 is 2.10 bits per heavy atom. The highest BCUT2D eigenvalue weighted by Gasteiger charge is 2.12. The highest BCUT2D eigenvalue weighted by Crippen LogP contribution is 2.24. The number of aromatic nitrogens is 2. The van der Waals surface area contributed by atoms with E-state index in [-0.39, 0.29) is 5.54 Å². The summed E-state index contributed by atoms with van der Waals surface area (Å²) in [4.78, 5) is 10.8. The highest BCUT2D eigenvalue weighted by atomic mass is 35.5.